The molecule has 3 heterocycles. The topological polar surface area (TPSA) is 76.6 Å². The molecule has 2 aromatic heterocycles. The second-order valence-corrected chi connectivity index (χ2v) is 7.03. The molecular weight excluding hydrogens is 338 g/mol. The SMILES string of the molecule is C=C(C#N)/C=C(\C)c1c(C)nc(Cc2cnccn2)n1[C@@H]1CCO[C@H](C)C1. The summed E-state index contributed by atoms with van der Waals surface area (Å²) in [5.41, 5.74) is 4.34. The molecule has 0 spiro atoms. The molecule has 27 heavy (non-hydrogen) atoms. The highest BCUT2D eigenvalue weighted by molar-refractivity contribution is 5.67. The third-order valence-corrected chi connectivity index (χ3v) is 4.84. The van der Waals surface area contributed by atoms with Crippen LogP contribution >= 0.6 is 0 Å². The van der Waals surface area contributed by atoms with E-state index in [9.17, 15) is 0 Å². The summed E-state index contributed by atoms with van der Waals surface area (Å²) in [6.07, 6.45) is 9.68. The molecule has 0 aliphatic carbocycles. The zero-order chi connectivity index (χ0) is 19.4. The van der Waals surface area contributed by atoms with E-state index in [1.54, 1.807) is 18.6 Å². The van der Waals surface area contributed by atoms with Crippen molar-refractivity contribution in [1.29, 1.82) is 5.26 Å². The van der Waals surface area contributed by atoms with Crippen molar-refractivity contribution in [3.63, 3.8) is 0 Å². The summed E-state index contributed by atoms with van der Waals surface area (Å²) >= 11 is 0. The van der Waals surface area contributed by atoms with E-state index in [1.807, 2.05) is 19.9 Å². The first-order chi connectivity index (χ1) is 13.0. The van der Waals surface area contributed by atoms with Crippen LogP contribution in [0.4, 0.5) is 0 Å². The zero-order valence-electron chi connectivity index (χ0n) is 16.1. The fourth-order valence-electron chi connectivity index (χ4n) is 3.75. The normalized spacial score (nSPS) is 20.3. The molecule has 2 atom stereocenters. The Balaban J connectivity index is 2.08. The van der Waals surface area contributed by atoms with E-state index in [-0.39, 0.29) is 6.10 Å². The van der Waals surface area contributed by atoms with Crippen LogP contribution < -0.4 is 0 Å². The molecule has 0 radical (unpaired) electrons. The number of nitriles is 1. The standard InChI is InChI=1S/C21H25N5O/c1-14(12-22)9-15(2)21-17(4)25-20(11-18-13-23-6-7-24-18)26(21)19-5-8-27-16(3)10-19/h6-7,9,13,16,19H,1,5,8,10-11H2,2-4H3/b15-9+/t16-,19-/m1/s1. The van der Waals surface area contributed by atoms with Crippen LogP contribution in [0, 0.1) is 18.3 Å². The number of nitrogens with zero attached hydrogens (tertiary/aromatic N) is 5. The van der Waals surface area contributed by atoms with E-state index >= 15 is 0 Å². The van der Waals surface area contributed by atoms with E-state index in [0.29, 0.717) is 18.0 Å². The summed E-state index contributed by atoms with van der Waals surface area (Å²) in [5, 5.41) is 9.10. The van der Waals surface area contributed by atoms with E-state index < -0.39 is 0 Å². The van der Waals surface area contributed by atoms with Crippen molar-refractivity contribution in [2.45, 2.75) is 52.2 Å². The second-order valence-electron chi connectivity index (χ2n) is 7.03. The molecule has 3 rings (SSSR count). The fourth-order valence-corrected chi connectivity index (χ4v) is 3.75. The molecule has 0 saturated carbocycles. The minimum atomic E-state index is 0.210. The summed E-state index contributed by atoms with van der Waals surface area (Å²) in [7, 11) is 0. The van der Waals surface area contributed by atoms with Gasteiger partial charge in [0.2, 0.25) is 0 Å². The van der Waals surface area contributed by atoms with E-state index in [1.165, 1.54) is 0 Å². The Morgan fingerprint density at radius 2 is 2.30 bits per heavy atom. The number of rotatable bonds is 5. The van der Waals surface area contributed by atoms with Crippen molar-refractivity contribution in [3.8, 4) is 6.07 Å². The van der Waals surface area contributed by atoms with Crippen molar-refractivity contribution in [1.82, 2.24) is 19.5 Å². The highest BCUT2D eigenvalue weighted by Gasteiger charge is 2.27. The lowest BCUT2D eigenvalue weighted by Gasteiger charge is -2.31. The second kappa shape index (κ2) is 8.28. The zero-order valence-corrected chi connectivity index (χ0v) is 16.1. The number of imidazole rings is 1. The molecule has 1 saturated heterocycles. The van der Waals surface area contributed by atoms with Crippen LogP contribution in [-0.4, -0.2) is 32.2 Å². The largest absolute Gasteiger partial charge is 0.378 e. The molecule has 1 aliphatic rings. The summed E-state index contributed by atoms with van der Waals surface area (Å²) in [5.74, 6) is 0.970. The number of aryl methyl sites for hydroxylation is 1. The van der Waals surface area contributed by atoms with Crippen LogP contribution in [-0.2, 0) is 11.2 Å². The van der Waals surface area contributed by atoms with Crippen molar-refractivity contribution in [2.24, 2.45) is 0 Å². The quantitative estimate of drug-likeness (QED) is 0.596. The molecule has 1 fully saturated rings. The monoisotopic (exact) mass is 363 g/mol. The van der Waals surface area contributed by atoms with E-state index in [2.05, 4.69) is 34.1 Å². The number of aromatic nitrogens is 4. The highest BCUT2D eigenvalue weighted by Crippen LogP contribution is 2.33. The third kappa shape index (κ3) is 4.32. The van der Waals surface area contributed by atoms with Gasteiger partial charge in [0, 0.05) is 43.2 Å². The lowest BCUT2D eigenvalue weighted by molar-refractivity contribution is 0.00532. The molecule has 6 nitrogen and oxygen atoms in total. The Morgan fingerprint density at radius 1 is 1.48 bits per heavy atom. The maximum Gasteiger partial charge on any atom is 0.115 e. The van der Waals surface area contributed by atoms with Gasteiger partial charge in [-0.1, -0.05) is 6.58 Å². The van der Waals surface area contributed by atoms with Gasteiger partial charge < -0.3 is 9.30 Å². The van der Waals surface area contributed by atoms with Crippen LogP contribution in [0.1, 0.15) is 55.6 Å². The van der Waals surface area contributed by atoms with Gasteiger partial charge in [0.25, 0.3) is 0 Å². The van der Waals surface area contributed by atoms with Crippen molar-refractivity contribution in [2.75, 3.05) is 6.61 Å². The van der Waals surface area contributed by atoms with Gasteiger partial charge in [-0.25, -0.2) is 4.98 Å². The molecule has 0 bridgehead atoms. The Kier molecular flexibility index (Phi) is 5.82. The molecule has 6 heteroatoms. The maximum atomic E-state index is 9.10. The first-order valence-electron chi connectivity index (χ1n) is 9.21. The van der Waals surface area contributed by atoms with Crippen molar-refractivity contribution in [3.05, 3.63) is 59.7 Å². The number of hydrogen-bond acceptors (Lipinski definition) is 5. The predicted molar refractivity (Wildman–Crippen MR) is 104 cm³/mol. The average molecular weight is 363 g/mol. The van der Waals surface area contributed by atoms with Crippen LogP contribution in [0.5, 0.6) is 0 Å². The summed E-state index contributed by atoms with van der Waals surface area (Å²) in [6, 6.07) is 2.40. The summed E-state index contributed by atoms with van der Waals surface area (Å²) in [4.78, 5) is 13.4. The first kappa shape index (κ1) is 19.0. The van der Waals surface area contributed by atoms with Gasteiger partial charge in [-0.05, 0) is 45.3 Å². The van der Waals surface area contributed by atoms with E-state index in [4.69, 9.17) is 15.0 Å². The molecule has 0 N–H and O–H groups in total. The number of ether oxygens (including phenoxy) is 1. The summed E-state index contributed by atoms with van der Waals surface area (Å²) < 4.78 is 8.07. The van der Waals surface area contributed by atoms with Gasteiger partial charge in [-0.3, -0.25) is 9.97 Å². The molecule has 0 unspecified atom stereocenters. The minimum Gasteiger partial charge on any atom is -0.378 e. The fraction of sp³-hybridized carbons (Fsp3) is 0.429. The first-order valence-corrected chi connectivity index (χ1v) is 9.21. The number of allylic oxidation sites excluding steroid dienone is 3. The Morgan fingerprint density at radius 3 is 2.96 bits per heavy atom. The van der Waals surface area contributed by atoms with Crippen molar-refractivity contribution >= 4 is 5.57 Å². The highest BCUT2D eigenvalue weighted by atomic mass is 16.5. The molecule has 140 valence electrons. The van der Waals surface area contributed by atoms with Gasteiger partial charge in [-0.15, -0.1) is 0 Å². The molecule has 0 amide bonds. The Labute approximate surface area is 160 Å². The average Bonchev–Trinajstić information content (AvgIpc) is 2.98. The Hall–Kier alpha value is -2.78. The van der Waals surface area contributed by atoms with Gasteiger partial charge >= 0.3 is 0 Å². The maximum absolute atomic E-state index is 9.10. The van der Waals surface area contributed by atoms with Gasteiger partial charge in [0.15, 0.2) is 0 Å². The third-order valence-electron chi connectivity index (χ3n) is 4.84. The van der Waals surface area contributed by atoms with Crippen molar-refractivity contribution < 1.29 is 4.74 Å². The van der Waals surface area contributed by atoms with Gasteiger partial charge in [0.05, 0.1) is 29.3 Å². The smallest absolute Gasteiger partial charge is 0.115 e. The molecule has 0 aromatic carbocycles. The lowest BCUT2D eigenvalue weighted by atomic mass is 10.0. The lowest BCUT2D eigenvalue weighted by Crippen LogP contribution is -2.27. The van der Waals surface area contributed by atoms with Gasteiger partial charge in [-0.2, -0.15) is 5.26 Å². The van der Waals surface area contributed by atoms with E-state index in [0.717, 1.165) is 47.9 Å². The minimum absolute atomic E-state index is 0.210. The summed E-state index contributed by atoms with van der Waals surface area (Å²) in [6.45, 7) is 10.7. The van der Waals surface area contributed by atoms with Crippen LogP contribution in [0.3, 0.4) is 0 Å². The number of hydrogen-bond donors (Lipinski definition) is 0. The van der Waals surface area contributed by atoms with Crippen LogP contribution in [0.25, 0.3) is 5.57 Å². The predicted octanol–water partition coefficient (Wildman–Crippen LogP) is 3.80. The van der Waals surface area contributed by atoms with Gasteiger partial charge in [0.1, 0.15) is 5.82 Å². The molecule has 1 aliphatic heterocycles. The molecule has 2 aromatic rings. The Bertz CT molecular complexity index is 891. The van der Waals surface area contributed by atoms with Crippen LogP contribution in [0.15, 0.2) is 36.8 Å². The molecular formula is C21H25N5O. The van der Waals surface area contributed by atoms with Crippen LogP contribution in [0.2, 0.25) is 0 Å².